The maximum atomic E-state index is 6.13. The van der Waals surface area contributed by atoms with Gasteiger partial charge in [-0.25, -0.2) is 4.98 Å². The SMILES string of the molecule is Cc1oc(-c2cccs2)nc1CON=C(N)c1cccc(CN2CCOCC2)c1. The van der Waals surface area contributed by atoms with E-state index in [0.717, 1.165) is 49.0 Å². The van der Waals surface area contributed by atoms with Gasteiger partial charge in [-0.15, -0.1) is 11.3 Å². The first-order valence-electron chi connectivity index (χ1n) is 9.54. The van der Waals surface area contributed by atoms with Crippen LogP contribution >= 0.6 is 11.3 Å². The molecule has 1 aromatic carbocycles. The molecule has 29 heavy (non-hydrogen) atoms. The molecular weight excluding hydrogens is 388 g/mol. The zero-order valence-corrected chi connectivity index (χ0v) is 17.2. The zero-order chi connectivity index (χ0) is 20.1. The van der Waals surface area contributed by atoms with Gasteiger partial charge in [0.05, 0.1) is 18.1 Å². The van der Waals surface area contributed by atoms with Crippen molar-refractivity contribution in [1.82, 2.24) is 9.88 Å². The monoisotopic (exact) mass is 412 g/mol. The Hall–Kier alpha value is -2.68. The fraction of sp³-hybridized carbons (Fsp3) is 0.333. The minimum absolute atomic E-state index is 0.203. The van der Waals surface area contributed by atoms with Crippen LogP contribution in [0.15, 0.2) is 51.4 Å². The van der Waals surface area contributed by atoms with Crippen LogP contribution in [-0.4, -0.2) is 42.0 Å². The van der Waals surface area contributed by atoms with Gasteiger partial charge in [0.15, 0.2) is 12.4 Å². The minimum atomic E-state index is 0.203. The van der Waals surface area contributed by atoms with E-state index in [0.29, 0.717) is 17.4 Å². The Morgan fingerprint density at radius 2 is 2.14 bits per heavy atom. The van der Waals surface area contributed by atoms with Crippen molar-refractivity contribution in [3.63, 3.8) is 0 Å². The van der Waals surface area contributed by atoms with Gasteiger partial charge in [-0.2, -0.15) is 0 Å². The predicted octanol–water partition coefficient (Wildman–Crippen LogP) is 3.38. The Morgan fingerprint density at radius 1 is 1.28 bits per heavy atom. The van der Waals surface area contributed by atoms with Gasteiger partial charge in [0.1, 0.15) is 11.5 Å². The Morgan fingerprint density at radius 3 is 2.93 bits per heavy atom. The Bertz CT molecular complexity index is 962. The van der Waals surface area contributed by atoms with E-state index < -0.39 is 0 Å². The molecule has 0 bridgehead atoms. The lowest BCUT2D eigenvalue weighted by molar-refractivity contribution is 0.0342. The van der Waals surface area contributed by atoms with Gasteiger partial charge in [-0.05, 0) is 30.0 Å². The highest BCUT2D eigenvalue weighted by Crippen LogP contribution is 2.26. The van der Waals surface area contributed by atoms with E-state index >= 15 is 0 Å². The lowest BCUT2D eigenvalue weighted by atomic mass is 10.1. The molecule has 1 saturated heterocycles. The molecule has 0 aliphatic carbocycles. The van der Waals surface area contributed by atoms with Crippen LogP contribution in [0.4, 0.5) is 0 Å². The summed E-state index contributed by atoms with van der Waals surface area (Å²) in [6, 6.07) is 12.0. The molecule has 0 unspecified atom stereocenters. The van der Waals surface area contributed by atoms with E-state index in [4.69, 9.17) is 19.7 Å². The summed E-state index contributed by atoms with van der Waals surface area (Å²) in [5, 5.41) is 6.06. The van der Waals surface area contributed by atoms with Crippen LogP contribution < -0.4 is 5.73 Å². The Labute approximate surface area is 173 Å². The number of ether oxygens (including phenoxy) is 1. The smallest absolute Gasteiger partial charge is 0.236 e. The normalized spacial score (nSPS) is 15.6. The van der Waals surface area contributed by atoms with Gasteiger partial charge >= 0.3 is 0 Å². The second kappa shape index (κ2) is 9.21. The Balaban J connectivity index is 1.37. The van der Waals surface area contributed by atoms with E-state index in [-0.39, 0.29) is 6.61 Å². The highest BCUT2D eigenvalue weighted by molar-refractivity contribution is 7.13. The molecule has 0 radical (unpaired) electrons. The molecule has 4 rings (SSSR count). The van der Waals surface area contributed by atoms with Gasteiger partial charge in [0.2, 0.25) is 5.89 Å². The van der Waals surface area contributed by atoms with E-state index in [1.807, 2.05) is 42.6 Å². The van der Waals surface area contributed by atoms with Gasteiger partial charge in [-0.1, -0.05) is 29.4 Å². The lowest BCUT2D eigenvalue weighted by Gasteiger charge is -2.26. The molecular formula is C21H24N4O3S. The summed E-state index contributed by atoms with van der Waals surface area (Å²) in [7, 11) is 0. The van der Waals surface area contributed by atoms with Crippen molar-refractivity contribution >= 4 is 17.2 Å². The van der Waals surface area contributed by atoms with E-state index in [1.165, 1.54) is 5.56 Å². The number of hydrogen-bond donors (Lipinski definition) is 1. The van der Waals surface area contributed by atoms with Crippen molar-refractivity contribution in [2.45, 2.75) is 20.1 Å². The second-order valence-corrected chi connectivity index (χ2v) is 7.79. The number of oxime groups is 1. The highest BCUT2D eigenvalue weighted by atomic mass is 32.1. The molecule has 8 heteroatoms. The average molecular weight is 413 g/mol. The van der Waals surface area contributed by atoms with Crippen LogP contribution in [-0.2, 0) is 22.7 Å². The number of benzene rings is 1. The number of aromatic nitrogens is 1. The molecule has 1 fully saturated rings. The standard InChI is InChI=1S/C21H24N4O3S/c1-15-18(23-21(28-15)19-6-3-11-29-19)14-27-24-20(22)17-5-2-4-16(12-17)13-25-7-9-26-10-8-25/h2-6,11-12H,7-10,13-14H2,1H3,(H2,22,24). The summed E-state index contributed by atoms with van der Waals surface area (Å²) in [5.74, 6) is 1.66. The number of amidine groups is 1. The first-order chi connectivity index (χ1) is 14.2. The third-order valence-electron chi connectivity index (χ3n) is 4.72. The fourth-order valence-corrected chi connectivity index (χ4v) is 3.78. The predicted molar refractivity (Wildman–Crippen MR) is 113 cm³/mol. The summed E-state index contributed by atoms with van der Waals surface area (Å²) in [6.45, 7) is 6.40. The molecule has 0 atom stereocenters. The second-order valence-electron chi connectivity index (χ2n) is 6.84. The van der Waals surface area contributed by atoms with Crippen LogP contribution in [0.1, 0.15) is 22.6 Å². The first kappa shape index (κ1) is 19.6. The molecule has 0 saturated carbocycles. The van der Waals surface area contributed by atoms with E-state index in [1.54, 1.807) is 11.3 Å². The summed E-state index contributed by atoms with van der Waals surface area (Å²) >= 11 is 1.58. The van der Waals surface area contributed by atoms with Crippen molar-refractivity contribution in [1.29, 1.82) is 0 Å². The molecule has 1 aliphatic rings. The molecule has 152 valence electrons. The molecule has 3 heterocycles. The molecule has 7 nitrogen and oxygen atoms in total. The van der Waals surface area contributed by atoms with E-state index in [9.17, 15) is 0 Å². The van der Waals surface area contributed by atoms with Gasteiger partial charge in [0.25, 0.3) is 0 Å². The third kappa shape index (κ3) is 5.03. The molecule has 0 amide bonds. The number of nitrogens with two attached hydrogens (primary N) is 1. The number of nitrogens with zero attached hydrogens (tertiary/aromatic N) is 3. The van der Waals surface area contributed by atoms with Crippen molar-refractivity contribution < 1.29 is 14.0 Å². The number of morpholine rings is 1. The van der Waals surface area contributed by atoms with Crippen LogP contribution in [0.3, 0.4) is 0 Å². The van der Waals surface area contributed by atoms with Gasteiger partial charge in [-0.3, -0.25) is 4.90 Å². The quantitative estimate of drug-likeness (QED) is 0.364. The Kier molecular flexibility index (Phi) is 6.24. The number of hydrogen-bond acceptors (Lipinski definition) is 7. The molecule has 3 aromatic rings. The topological polar surface area (TPSA) is 86.1 Å². The van der Waals surface area contributed by atoms with Crippen molar-refractivity contribution in [2.75, 3.05) is 26.3 Å². The summed E-state index contributed by atoms with van der Waals surface area (Å²) < 4.78 is 11.1. The minimum Gasteiger partial charge on any atom is -0.440 e. The first-order valence-corrected chi connectivity index (χ1v) is 10.4. The summed E-state index contributed by atoms with van der Waals surface area (Å²) in [5.41, 5.74) is 8.87. The average Bonchev–Trinajstić information content (AvgIpc) is 3.39. The maximum absolute atomic E-state index is 6.13. The highest BCUT2D eigenvalue weighted by Gasteiger charge is 2.13. The number of aryl methyl sites for hydroxylation is 1. The molecule has 1 aliphatic heterocycles. The van der Waals surface area contributed by atoms with Crippen LogP contribution in [0.2, 0.25) is 0 Å². The number of thiophene rings is 1. The molecule has 2 aromatic heterocycles. The lowest BCUT2D eigenvalue weighted by Crippen LogP contribution is -2.35. The maximum Gasteiger partial charge on any atom is 0.236 e. The summed E-state index contributed by atoms with van der Waals surface area (Å²) in [4.78, 5) is 13.3. The van der Waals surface area contributed by atoms with Gasteiger partial charge in [0, 0.05) is 25.2 Å². The van der Waals surface area contributed by atoms with Crippen molar-refractivity contribution in [2.24, 2.45) is 10.9 Å². The van der Waals surface area contributed by atoms with Gasteiger partial charge < -0.3 is 19.7 Å². The summed E-state index contributed by atoms with van der Waals surface area (Å²) in [6.07, 6.45) is 0. The van der Waals surface area contributed by atoms with Crippen LogP contribution in [0.25, 0.3) is 10.8 Å². The van der Waals surface area contributed by atoms with Crippen LogP contribution in [0, 0.1) is 6.92 Å². The fourth-order valence-electron chi connectivity index (χ4n) is 3.13. The molecule has 0 spiro atoms. The van der Waals surface area contributed by atoms with Crippen molar-refractivity contribution in [3.05, 3.63) is 64.4 Å². The number of oxazole rings is 1. The number of rotatable bonds is 7. The van der Waals surface area contributed by atoms with Crippen molar-refractivity contribution in [3.8, 4) is 10.8 Å². The third-order valence-corrected chi connectivity index (χ3v) is 5.58. The van der Waals surface area contributed by atoms with E-state index in [2.05, 4.69) is 21.1 Å². The van der Waals surface area contributed by atoms with Crippen LogP contribution in [0.5, 0.6) is 0 Å². The molecule has 2 N–H and O–H groups in total. The largest absolute Gasteiger partial charge is 0.440 e. The zero-order valence-electron chi connectivity index (χ0n) is 16.3.